The lowest BCUT2D eigenvalue weighted by molar-refractivity contribution is -0.301. The smallest absolute Gasteiger partial charge is 0.335 e. The minimum Gasteiger partial charge on any atom is -0.479 e. The summed E-state index contributed by atoms with van der Waals surface area (Å²) in [4.78, 5) is 51.0. The van der Waals surface area contributed by atoms with E-state index >= 15 is 0 Å². The Kier molecular flexibility index (Phi) is 45.1. The molecule has 1 fully saturated rings. The summed E-state index contributed by atoms with van der Waals surface area (Å²) in [5.74, 6) is -3.23. The highest BCUT2D eigenvalue weighted by Crippen LogP contribution is 2.26. The molecule has 6 atom stereocenters. The van der Waals surface area contributed by atoms with Crippen LogP contribution in [0.1, 0.15) is 239 Å². The third kappa shape index (κ3) is 39.3. The molecular formula is C61H102O12. The van der Waals surface area contributed by atoms with Gasteiger partial charge >= 0.3 is 23.9 Å². The second-order valence-electron chi connectivity index (χ2n) is 19.5. The lowest BCUT2D eigenvalue weighted by atomic mass is 9.98. The maximum atomic E-state index is 13.1. The van der Waals surface area contributed by atoms with Crippen molar-refractivity contribution in [3.05, 3.63) is 72.9 Å². The molecule has 1 heterocycles. The molecule has 0 aromatic rings. The summed E-state index contributed by atoms with van der Waals surface area (Å²) in [6.07, 6.45) is 48.9. The van der Waals surface area contributed by atoms with Gasteiger partial charge in [0.15, 0.2) is 24.6 Å². The van der Waals surface area contributed by atoms with Gasteiger partial charge < -0.3 is 39.0 Å². The number of aliphatic carboxylic acids is 1. The van der Waals surface area contributed by atoms with Crippen LogP contribution in [0.3, 0.4) is 0 Å². The van der Waals surface area contributed by atoms with Gasteiger partial charge in [-0.15, -0.1) is 0 Å². The highest BCUT2D eigenvalue weighted by molar-refractivity contribution is 5.74. The number of unbranched alkanes of at least 4 members (excludes halogenated alkanes) is 22. The van der Waals surface area contributed by atoms with Gasteiger partial charge in [0.05, 0.1) is 6.61 Å². The van der Waals surface area contributed by atoms with E-state index in [0.29, 0.717) is 25.7 Å². The molecule has 3 N–H and O–H groups in total. The predicted octanol–water partition coefficient (Wildman–Crippen LogP) is 14.6. The third-order valence-corrected chi connectivity index (χ3v) is 12.8. The van der Waals surface area contributed by atoms with Crippen molar-refractivity contribution >= 4 is 23.9 Å². The average Bonchev–Trinajstić information content (AvgIpc) is 3.37. The Balaban J connectivity index is 2.73. The van der Waals surface area contributed by atoms with Gasteiger partial charge in [-0.3, -0.25) is 14.4 Å². The maximum absolute atomic E-state index is 13.1. The molecule has 1 saturated heterocycles. The van der Waals surface area contributed by atoms with Crippen molar-refractivity contribution in [3.8, 4) is 0 Å². The number of aliphatic hydroxyl groups excluding tert-OH is 2. The summed E-state index contributed by atoms with van der Waals surface area (Å²) in [7, 11) is 0. The van der Waals surface area contributed by atoms with E-state index < -0.39 is 67.3 Å². The molecule has 0 aliphatic carbocycles. The molecule has 0 spiro atoms. The number of aliphatic hydroxyl groups is 2. The van der Waals surface area contributed by atoms with Crippen molar-refractivity contribution in [2.75, 3.05) is 13.2 Å². The topological polar surface area (TPSA) is 175 Å². The highest BCUT2D eigenvalue weighted by Gasteiger charge is 2.50. The Morgan fingerprint density at radius 3 is 1.40 bits per heavy atom. The van der Waals surface area contributed by atoms with E-state index in [1.807, 2.05) is 18.2 Å². The summed E-state index contributed by atoms with van der Waals surface area (Å²) in [5, 5.41) is 31.4. The fourth-order valence-electron chi connectivity index (χ4n) is 8.35. The molecular weight excluding hydrogens is 925 g/mol. The second-order valence-corrected chi connectivity index (χ2v) is 19.5. The quantitative estimate of drug-likeness (QED) is 0.0228. The third-order valence-electron chi connectivity index (χ3n) is 12.8. The number of carbonyl (C=O) groups is 4. The van der Waals surface area contributed by atoms with Gasteiger partial charge in [-0.25, -0.2) is 4.79 Å². The van der Waals surface area contributed by atoms with Gasteiger partial charge in [0.2, 0.25) is 0 Å². The van der Waals surface area contributed by atoms with Crippen molar-refractivity contribution in [2.24, 2.45) is 0 Å². The predicted molar refractivity (Wildman–Crippen MR) is 294 cm³/mol. The van der Waals surface area contributed by atoms with Crippen LogP contribution in [0, 0.1) is 0 Å². The van der Waals surface area contributed by atoms with Crippen molar-refractivity contribution in [2.45, 2.75) is 276 Å². The highest BCUT2D eigenvalue weighted by atomic mass is 16.7. The number of rotatable bonds is 48. The van der Waals surface area contributed by atoms with Crippen molar-refractivity contribution in [3.63, 3.8) is 0 Å². The normalized spacial score (nSPS) is 18.8. The summed E-state index contributed by atoms with van der Waals surface area (Å²) in [6.45, 7) is 5.81. The molecule has 0 radical (unpaired) electrons. The van der Waals surface area contributed by atoms with Crippen LogP contribution in [0.2, 0.25) is 0 Å². The van der Waals surface area contributed by atoms with Crippen LogP contribution < -0.4 is 0 Å². The van der Waals surface area contributed by atoms with E-state index in [0.717, 1.165) is 77.0 Å². The zero-order chi connectivity index (χ0) is 53.3. The van der Waals surface area contributed by atoms with Crippen LogP contribution in [-0.4, -0.2) is 89.2 Å². The van der Waals surface area contributed by atoms with Crippen molar-refractivity contribution in [1.82, 2.24) is 0 Å². The van der Waals surface area contributed by atoms with Crippen LogP contribution in [-0.2, 0) is 42.9 Å². The fraction of sp³-hybridized carbons (Fsp3) is 0.738. The first kappa shape index (κ1) is 67.2. The van der Waals surface area contributed by atoms with E-state index in [2.05, 4.69) is 75.5 Å². The summed E-state index contributed by atoms with van der Waals surface area (Å²) in [5.41, 5.74) is 0. The monoisotopic (exact) mass is 1030 g/mol. The maximum Gasteiger partial charge on any atom is 0.335 e. The average molecular weight is 1030 g/mol. The molecule has 0 amide bonds. The number of allylic oxidation sites excluding steroid dienone is 12. The number of esters is 3. The standard InChI is InChI=1S/C61H102O12/c1-4-7-10-13-16-19-22-25-26-27-28-31-32-35-38-41-44-47-53(62)69-50-52(71-54(63)48-45-42-39-36-33-29-23-20-17-14-11-8-5-2)51-70-61-59(57(66)56(65)58(73-61)60(67)68)72-55(64)49-46-43-40-37-34-30-24-21-18-15-12-9-6-3/h9,12,16,18-19,21,25-26,30,34,40,43,52,56-59,61,65-66H,4-8,10-11,13-15,17,20,22-24,27-29,31-33,35-39,41-42,44-51H2,1-3H3,(H,67,68)/b12-9-,19-16-,21-18-,26-25-,34-30-,43-40-. The number of ether oxygens (including phenoxy) is 5. The van der Waals surface area contributed by atoms with Gasteiger partial charge in [-0.2, -0.15) is 0 Å². The number of carboxylic acid groups (broad SMARTS) is 1. The molecule has 0 bridgehead atoms. The van der Waals surface area contributed by atoms with Gasteiger partial charge in [-0.1, -0.05) is 216 Å². The molecule has 73 heavy (non-hydrogen) atoms. The number of carboxylic acids is 1. The molecule has 1 aliphatic rings. The van der Waals surface area contributed by atoms with Crippen molar-refractivity contribution < 1.29 is 58.2 Å². The van der Waals surface area contributed by atoms with E-state index in [9.17, 15) is 34.5 Å². The molecule has 0 saturated carbocycles. The zero-order valence-corrected chi connectivity index (χ0v) is 45.9. The summed E-state index contributed by atoms with van der Waals surface area (Å²) < 4.78 is 28.3. The number of hydrogen-bond donors (Lipinski definition) is 3. The van der Waals surface area contributed by atoms with Gasteiger partial charge in [-0.05, 0) is 77.0 Å². The molecule has 1 aliphatic heterocycles. The molecule has 1 rings (SSSR count). The molecule has 418 valence electrons. The second kappa shape index (κ2) is 49.1. The Hall–Kier alpha value is -3.84. The molecule has 6 unspecified atom stereocenters. The lowest BCUT2D eigenvalue weighted by Gasteiger charge is -2.40. The molecule has 0 aromatic carbocycles. The van der Waals surface area contributed by atoms with E-state index in [1.54, 1.807) is 0 Å². The van der Waals surface area contributed by atoms with Gasteiger partial charge in [0.1, 0.15) is 18.8 Å². The van der Waals surface area contributed by atoms with Gasteiger partial charge in [0.25, 0.3) is 0 Å². The zero-order valence-electron chi connectivity index (χ0n) is 45.9. The SMILES string of the molecule is CC/C=C\C/C=C\C/C=C\C/C=C\CCC(=O)OC1C(OCC(COC(=O)CCCCCCCCC/C=C\C/C=C\CCCCC)OC(=O)CCCCCCCCCCCCCCC)OC(C(=O)O)C(O)C1O. The Morgan fingerprint density at radius 2 is 0.890 bits per heavy atom. The Labute approximate surface area is 442 Å². The minimum atomic E-state index is -1.93. The summed E-state index contributed by atoms with van der Waals surface area (Å²) >= 11 is 0. The Morgan fingerprint density at radius 1 is 0.466 bits per heavy atom. The van der Waals surface area contributed by atoms with Crippen LogP contribution in [0.5, 0.6) is 0 Å². The van der Waals surface area contributed by atoms with E-state index in [4.69, 9.17) is 23.7 Å². The van der Waals surface area contributed by atoms with Crippen LogP contribution in [0.15, 0.2) is 72.9 Å². The molecule has 12 nitrogen and oxygen atoms in total. The van der Waals surface area contributed by atoms with Crippen LogP contribution >= 0.6 is 0 Å². The first-order chi connectivity index (χ1) is 35.6. The first-order valence-corrected chi connectivity index (χ1v) is 28.9. The van der Waals surface area contributed by atoms with E-state index in [-0.39, 0.29) is 25.9 Å². The lowest BCUT2D eigenvalue weighted by Crippen LogP contribution is -2.61. The number of carbonyl (C=O) groups excluding carboxylic acids is 3. The van der Waals surface area contributed by atoms with E-state index in [1.165, 1.54) is 96.3 Å². The summed E-state index contributed by atoms with van der Waals surface area (Å²) in [6, 6.07) is 0. The van der Waals surface area contributed by atoms with Crippen LogP contribution in [0.4, 0.5) is 0 Å². The Bertz CT molecular complexity index is 1550. The minimum absolute atomic E-state index is 0.0619. The number of hydrogen-bond acceptors (Lipinski definition) is 11. The van der Waals surface area contributed by atoms with Crippen LogP contribution in [0.25, 0.3) is 0 Å². The molecule has 0 aromatic heterocycles. The van der Waals surface area contributed by atoms with Gasteiger partial charge in [0, 0.05) is 19.3 Å². The fourth-order valence-corrected chi connectivity index (χ4v) is 8.35. The largest absolute Gasteiger partial charge is 0.479 e. The first-order valence-electron chi connectivity index (χ1n) is 28.9. The van der Waals surface area contributed by atoms with Crippen molar-refractivity contribution in [1.29, 1.82) is 0 Å². The molecule has 12 heteroatoms.